The van der Waals surface area contributed by atoms with Crippen LogP contribution in [0.4, 0.5) is 0 Å². The van der Waals surface area contributed by atoms with Crippen LogP contribution in [0, 0.1) is 0 Å². The number of aliphatic hydroxyl groups excluding tert-OH is 1. The van der Waals surface area contributed by atoms with Gasteiger partial charge < -0.3 is 20.1 Å². The fourth-order valence-corrected chi connectivity index (χ4v) is 3.63. The van der Waals surface area contributed by atoms with E-state index in [1.54, 1.807) is 0 Å². The molecule has 4 nitrogen and oxygen atoms in total. The molecule has 1 heterocycles. The quantitative estimate of drug-likeness (QED) is 0.765. The summed E-state index contributed by atoms with van der Waals surface area (Å²) in [6.45, 7) is 5.28. The van der Waals surface area contributed by atoms with Crippen LogP contribution in [0.2, 0.25) is 0 Å². The van der Waals surface area contributed by atoms with Crippen molar-refractivity contribution in [2.45, 2.75) is 63.1 Å². The van der Waals surface area contributed by atoms with Gasteiger partial charge in [0.15, 0.2) is 0 Å². The van der Waals surface area contributed by atoms with Crippen molar-refractivity contribution >= 4 is 0 Å². The van der Waals surface area contributed by atoms with Crippen LogP contribution in [0.3, 0.4) is 0 Å². The van der Waals surface area contributed by atoms with E-state index in [1.807, 2.05) is 0 Å². The highest BCUT2D eigenvalue weighted by atomic mass is 16.5. The van der Waals surface area contributed by atoms with Crippen molar-refractivity contribution in [3.05, 3.63) is 0 Å². The molecule has 0 amide bonds. The Morgan fingerprint density at radius 3 is 2.84 bits per heavy atom. The van der Waals surface area contributed by atoms with Gasteiger partial charge in [-0.2, -0.15) is 0 Å². The largest absolute Gasteiger partial charge is 0.394 e. The number of hydrogen-bond donors (Lipinski definition) is 2. The third-order valence-electron chi connectivity index (χ3n) is 4.83. The van der Waals surface area contributed by atoms with Gasteiger partial charge in [-0.15, -0.1) is 0 Å². The van der Waals surface area contributed by atoms with Gasteiger partial charge in [0.05, 0.1) is 12.7 Å². The van der Waals surface area contributed by atoms with Crippen LogP contribution in [0.25, 0.3) is 0 Å². The Kier molecular flexibility index (Phi) is 5.63. The van der Waals surface area contributed by atoms with E-state index in [9.17, 15) is 5.11 Å². The third-order valence-corrected chi connectivity index (χ3v) is 4.83. The maximum atomic E-state index is 9.66. The van der Waals surface area contributed by atoms with Gasteiger partial charge in [0.25, 0.3) is 0 Å². The molecule has 0 bridgehead atoms. The first-order valence-corrected chi connectivity index (χ1v) is 7.87. The zero-order valence-corrected chi connectivity index (χ0v) is 12.5. The monoisotopic (exact) mass is 270 g/mol. The summed E-state index contributed by atoms with van der Waals surface area (Å²) >= 11 is 0. The molecule has 1 aliphatic carbocycles. The van der Waals surface area contributed by atoms with Crippen molar-refractivity contribution in [3.8, 4) is 0 Å². The highest BCUT2D eigenvalue weighted by Gasteiger charge is 2.39. The van der Waals surface area contributed by atoms with Crippen LogP contribution < -0.4 is 5.32 Å². The molecule has 19 heavy (non-hydrogen) atoms. The summed E-state index contributed by atoms with van der Waals surface area (Å²) in [5, 5.41) is 13.2. The van der Waals surface area contributed by atoms with Gasteiger partial charge in [-0.05, 0) is 52.1 Å². The summed E-state index contributed by atoms with van der Waals surface area (Å²) in [7, 11) is 2.21. The number of nitrogens with zero attached hydrogens (tertiary/aromatic N) is 1. The van der Waals surface area contributed by atoms with Crippen LogP contribution in [-0.2, 0) is 4.74 Å². The Morgan fingerprint density at radius 1 is 1.37 bits per heavy atom. The molecule has 0 spiro atoms. The minimum absolute atomic E-state index is 0.0406. The van der Waals surface area contributed by atoms with Gasteiger partial charge in [-0.1, -0.05) is 6.92 Å². The van der Waals surface area contributed by atoms with Crippen molar-refractivity contribution in [2.24, 2.45) is 0 Å². The lowest BCUT2D eigenvalue weighted by Crippen LogP contribution is -2.48. The van der Waals surface area contributed by atoms with Gasteiger partial charge in [0.1, 0.15) is 0 Å². The molecular formula is C15H30N2O2. The van der Waals surface area contributed by atoms with Gasteiger partial charge in [-0.25, -0.2) is 0 Å². The lowest BCUT2D eigenvalue weighted by molar-refractivity contribution is -0.00851. The first-order chi connectivity index (χ1) is 9.19. The minimum atomic E-state index is -0.0406. The average Bonchev–Trinajstić information content (AvgIpc) is 2.85. The normalized spacial score (nSPS) is 36.0. The number of rotatable bonds is 6. The standard InChI is InChI=1S/C15H30N2O2/c1-3-16-15(12-18)8-7-13(10-15)17(2)11-14-6-4-5-9-19-14/h13-14,16,18H,3-12H2,1-2H3. The molecule has 1 aliphatic heterocycles. The second kappa shape index (κ2) is 7.02. The molecule has 0 radical (unpaired) electrons. The minimum Gasteiger partial charge on any atom is -0.394 e. The smallest absolute Gasteiger partial charge is 0.0702 e. The first-order valence-electron chi connectivity index (χ1n) is 7.87. The van der Waals surface area contributed by atoms with Crippen molar-refractivity contribution < 1.29 is 9.84 Å². The van der Waals surface area contributed by atoms with Crippen LogP contribution in [0.15, 0.2) is 0 Å². The SMILES string of the molecule is CCNC1(CO)CCC(N(C)CC2CCCCO2)C1. The van der Waals surface area contributed by atoms with Gasteiger partial charge in [-0.3, -0.25) is 0 Å². The molecule has 2 rings (SSSR count). The van der Waals surface area contributed by atoms with E-state index >= 15 is 0 Å². The zero-order valence-electron chi connectivity index (χ0n) is 12.5. The maximum Gasteiger partial charge on any atom is 0.0702 e. The summed E-state index contributed by atoms with van der Waals surface area (Å²) in [5.41, 5.74) is -0.0406. The zero-order chi connectivity index (χ0) is 13.7. The Labute approximate surface area is 117 Å². The van der Waals surface area contributed by atoms with Crippen LogP contribution in [0.1, 0.15) is 45.4 Å². The van der Waals surface area contributed by atoms with E-state index in [1.165, 1.54) is 25.7 Å². The molecule has 112 valence electrons. The number of ether oxygens (including phenoxy) is 1. The highest BCUT2D eigenvalue weighted by Crippen LogP contribution is 2.32. The van der Waals surface area contributed by atoms with E-state index in [0.29, 0.717) is 12.1 Å². The van der Waals surface area contributed by atoms with E-state index in [2.05, 4.69) is 24.2 Å². The maximum absolute atomic E-state index is 9.66. The second-order valence-corrected chi connectivity index (χ2v) is 6.29. The predicted octanol–water partition coefficient (Wildman–Crippen LogP) is 1.38. The van der Waals surface area contributed by atoms with Crippen LogP contribution in [-0.4, -0.2) is 61.0 Å². The Bertz CT molecular complexity index is 269. The fraction of sp³-hybridized carbons (Fsp3) is 1.00. The Hall–Kier alpha value is -0.160. The molecule has 2 aliphatic rings. The number of hydrogen-bond acceptors (Lipinski definition) is 4. The number of aliphatic hydroxyl groups is 1. The molecule has 2 N–H and O–H groups in total. The first kappa shape index (κ1) is 15.2. The second-order valence-electron chi connectivity index (χ2n) is 6.29. The van der Waals surface area contributed by atoms with Crippen LogP contribution >= 0.6 is 0 Å². The fourth-order valence-electron chi connectivity index (χ4n) is 3.63. The summed E-state index contributed by atoms with van der Waals surface area (Å²) in [4.78, 5) is 2.45. The molecule has 3 atom stereocenters. The molecule has 0 aromatic rings. The Morgan fingerprint density at radius 2 is 2.21 bits per heavy atom. The molecule has 0 aromatic carbocycles. The average molecular weight is 270 g/mol. The molecular weight excluding hydrogens is 240 g/mol. The topological polar surface area (TPSA) is 44.7 Å². The van der Waals surface area contributed by atoms with E-state index in [4.69, 9.17) is 4.74 Å². The molecule has 1 saturated carbocycles. The molecule has 4 heteroatoms. The number of likely N-dealkylation sites (N-methyl/N-ethyl adjacent to an activating group) is 2. The third kappa shape index (κ3) is 3.91. The summed E-state index contributed by atoms with van der Waals surface area (Å²) in [5.74, 6) is 0. The van der Waals surface area contributed by atoms with Crippen molar-refractivity contribution in [3.63, 3.8) is 0 Å². The predicted molar refractivity (Wildman–Crippen MR) is 77.4 cm³/mol. The van der Waals surface area contributed by atoms with E-state index in [0.717, 1.165) is 32.5 Å². The highest BCUT2D eigenvalue weighted by molar-refractivity contribution is 4.99. The lowest BCUT2D eigenvalue weighted by Gasteiger charge is -2.33. The van der Waals surface area contributed by atoms with E-state index < -0.39 is 0 Å². The summed E-state index contributed by atoms with van der Waals surface area (Å²) < 4.78 is 5.83. The van der Waals surface area contributed by atoms with Crippen molar-refractivity contribution in [1.82, 2.24) is 10.2 Å². The lowest BCUT2D eigenvalue weighted by atomic mass is 9.98. The van der Waals surface area contributed by atoms with Crippen LogP contribution in [0.5, 0.6) is 0 Å². The number of nitrogens with one attached hydrogen (secondary N) is 1. The summed E-state index contributed by atoms with van der Waals surface area (Å²) in [6.07, 6.45) is 7.46. The van der Waals surface area contributed by atoms with Gasteiger partial charge in [0.2, 0.25) is 0 Å². The van der Waals surface area contributed by atoms with Crippen molar-refractivity contribution in [1.29, 1.82) is 0 Å². The van der Waals surface area contributed by atoms with E-state index in [-0.39, 0.29) is 12.1 Å². The van der Waals surface area contributed by atoms with Gasteiger partial charge in [0, 0.05) is 24.7 Å². The molecule has 0 aromatic heterocycles. The molecule has 3 unspecified atom stereocenters. The molecule has 1 saturated heterocycles. The summed E-state index contributed by atoms with van der Waals surface area (Å²) in [6, 6.07) is 0.580. The van der Waals surface area contributed by atoms with Crippen molar-refractivity contribution in [2.75, 3.05) is 33.4 Å². The Balaban J connectivity index is 1.81. The molecule has 2 fully saturated rings. The van der Waals surface area contributed by atoms with Gasteiger partial charge >= 0.3 is 0 Å².